The van der Waals surface area contributed by atoms with E-state index in [-0.39, 0.29) is 5.97 Å². The van der Waals surface area contributed by atoms with Crippen LogP contribution in [0.1, 0.15) is 62.0 Å². The number of esters is 1. The van der Waals surface area contributed by atoms with Crippen molar-refractivity contribution >= 4 is 5.97 Å². The van der Waals surface area contributed by atoms with Crippen molar-refractivity contribution in [2.24, 2.45) is 7.05 Å². The molecule has 5 nitrogen and oxygen atoms in total. The number of carbonyl (C=O) groups is 1. The van der Waals surface area contributed by atoms with E-state index in [2.05, 4.69) is 12.0 Å². The van der Waals surface area contributed by atoms with Crippen LogP contribution in [-0.2, 0) is 23.1 Å². The Morgan fingerprint density at radius 2 is 2.00 bits per heavy atom. The molecule has 0 aliphatic heterocycles. The maximum atomic E-state index is 11.8. The molecule has 0 saturated heterocycles. The van der Waals surface area contributed by atoms with E-state index in [0.29, 0.717) is 18.8 Å². The van der Waals surface area contributed by atoms with Crippen molar-refractivity contribution in [2.45, 2.75) is 52.6 Å². The summed E-state index contributed by atoms with van der Waals surface area (Å²) in [6.45, 7) is 5.48. The number of carbonyl (C=O) groups excluding carboxylic acids is 1. The molecule has 0 spiro atoms. The summed E-state index contributed by atoms with van der Waals surface area (Å²) in [6, 6.07) is 0. The summed E-state index contributed by atoms with van der Waals surface area (Å²) in [6.07, 6.45) is 7.60. The molecule has 0 bridgehead atoms. The van der Waals surface area contributed by atoms with E-state index in [4.69, 9.17) is 9.47 Å². The summed E-state index contributed by atoms with van der Waals surface area (Å²) in [7, 11) is 1.81. The zero-order valence-electron chi connectivity index (χ0n) is 12.9. The Bertz CT molecular complexity index is 402. The lowest BCUT2D eigenvalue weighted by atomic mass is 10.2. The average molecular weight is 282 g/mol. The van der Waals surface area contributed by atoms with Crippen LogP contribution >= 0.6 is 0 Å². The number of rotatable bonds is 10. The van der Waals surface area contributed by atoms with E-state index >= 15 is 0 Å². The third-order valence-electron chi connectivity index (χ3n) is 3.19. The Balaban J connectivity index is 2.36. The van der Waals surface area contributed by atoms with Crippen molar-refractivity contribution in [3.63, 3.8) is 0 Å². The van der Waals surface area contributed by atoms with Gasteiger partial charge in [-0.2, -0.15) is 5.10 Å². The van der Waals surface area contributed by atoms with Gasteiger partial charge in [-0.25, -0.2) is 4.79 Å². The van der Waals surface area contributed by atoms with Crippen LogP contribution < -0.4 is 0 Å². The summed E-state index contributed by atoms with van der Waals surface area (Å²) in [5.74, 6) is -0.331. The third kappa shape index (κ3) is 5.33. The number of hydrogen-bond acceptors (Lipinski definition) is 4. The number of hydrogen-bond donors (Lipinski definition) is 0. The fourth-order valence-corrected chi connectivity index (χ4v) is 1.99. The van der Waals surface area contributed by atoms with Gasteiger partial charge in [-0.05, 0) is 13.3 Å². The lowest BCUT2D eigenvalue weighted by Crippen LogP contribution is -2.10. The maximum Gasteiger partial charge on any atom is 0.341 e. The highest BCUT2D eigenvalue weighted by molar-refractivity contribution is 5.90. The summed E-state index contributed by atoms with van der Waals surface area (Å²) >= 11 is 0. The van der Waals surface area contributed by atoms with Crippen LogP contribution in [0.3, 0.4) is 0 Å². The molecule has 0 saturated carbocycles. The first-order valence-electron chi connectivity index (χ1n) is 7.46. The monoisotopic (exact) mass is 282 g/mol. The van der Waals surface area contributed by atoms with Gasteiger partial charge in [-0.1, -0.05) is 32.6 Å². The zero-order chi connectivity index (χ0) is 14.8. The van der Waals surface area contributed by atoms with Crippen molar-refractivity contribution in [2.75, 3.05) is 13.2 Å². The fourth-order valence-electron chi connectivity index (χ4n) is 1.99. The molecule has 0 N–H and O–H groups in total. The Kier molecular flexibility index (Phi) is 7.95. The van der Waals surface area contributed by atoms with Gasteiger partial charge >= 0.3 is 5.97 Å². The number of nitrogens with zero attached hydrogens (tertiary/aromatic N) is 2. The van der Waals surface area contributed by atoms with E-state index in [0.717, 1.165) is 18.7 Å². The van der Waals surface area contributed by atoms with Crippen LogP contribution in [0.25, 0.3) is 0 Å². The number of aryl methyl sites for hydroxylation is 1. The Morgan fingerprint density at radius 1 is 1.25 bits per heavy atom. The molecule has 1 aromatic rings. The number of unbranched alkanes of at least 4 members (excludes halogenated alkanes) is 4. The molecule has 5 heteroatoms. The van der Waals surface area contributed by atoms with Crippen LogP contribution in [0.15, 0.2) is 6.20 Å². The van der Waals surface area contributed by atoms with Gasteiger partial charge in [0.25, 0.3) is 0 Å². The number of ether oxygens (including phenoxy) is 2. The second-order valence-electron chi connectivity index (χ2n) is 4.82. The topological polar surface area (TPSA) is 53.4 Å². The summed E-state index contributed by atoms with van der Waals surface area (Å²) in [5, 5.41) is 4.10. The van der Waals surface area contributed by atoms with Crippen molar-refractivity contribution in [1.29, 1.82) is 0 Å². The van der Waals surface area contributed by atoms with E-state index < -0.39 is 0 Å². The quantitative estimate of drug-likeness (QED) is 0.489. The van der Waals surface area contributed by atoms with Crippen molar-refractivity contribution in [1.82, 2.24) is 9.78 Å². The molecule has 1 aromatic heterocycles. The van der Waals surface area contributed by atoms with Gasteiger partial charge in [-0.3, -0.25) is 4.68 Å². The molecule has 0 unspecified atom stereocenters. The highest BCUT2D eigenvalue weighted by Gasteiger charge is 2.16. The van der Waals surface area contributed by atoms with Crippen LogP contribution in [0, 0.1) is 0 Å². The van der Waals surface area contributed by atoms with Crippen LogP contribution in [0.5, 0.6) is 0 Å². The predicted molar refractivity (Wildman–Crippen MR) is 77.6 cm³/mol. The molecule has 20 heavy (non-hydrogen) atoms. The van der Waals surface area contributed by atoms with Gasteiger partial charge < -0.3 is 9.47 Å². The minimum Gasteiger partial charge on any atom is -0.462 e. The van der Waals surface area contributed by atoms with Crippen LogP contribution in [0.2, 0.25) is 0 Å². The minimum absolute atomic E-state index is 0.331. The highest BCUT2D eigenvalue weighted by atomic mass is 16.5. The number of aromatic nitrogens is 2. The second kappa shape index (κ2) is 9.53. The Labute approximate surface area is 121 Å². The van der Waals surface area contributed by atoms with Crippen LogP contribution in [-0.4, -0.2) is 29.0 Å². The normalized spacial score (nSPS) is 10.8. The van der Waals surface area contributed by atoms with E-state index in [9.17, 15) is 4.79 Å². The van der Waals surface area contributed by atoms with Gasteiger partial charge in [0, 0.05) is 13.7 Å². The molecular weight excluding hydrogens is 256 g/mol. The van der Waals surface area contributed by atoms with Crippen LogP contribution in [0.4, 0.5) is 0 Å². The smallest absolute Gasteiger partial charge is 0.341 e. The molecular formula is C15H26N2O3. The maximum absolute atomic E-state index is 11.8. The Morgan fingerprint density at radius 3 is 2.70 bits per heavy atom. The van der Waals surface area contributed by atoms with E-state index in [1.807, 2.05) is 7.05 Å². The molecule has 1 rings (SSSR count). The minimum atomic E-state index is -0.331. The first-order chi connectivity index (χ1) is 9.70. The van der Waals surface area contributed by atoms with Gasteiger partial charge in [0.15, 0.2) is 0 Å². The highest BCUT2D eigenvalue weighted by Crippen LogP contribution is 2.11. The van der Waals surface area contributed by atoms with Crippen molar-refractivity contribution in [3.8, 4) is 0 Å². The van der Waals surface area contributed by atoms with Crippen molar-refractivity contribution < 1.29 is 14.3 Å². The molecule has 1 heterocycles. The van der Waals surface area contributed by atoms with Gasteiger partial charge in [0.2, 0.25) is 0 Å². The molecule has 0 aromatic carbocycles. The van der Waals surface area contributed by atoms with Gasteiger partial charge in [-0.15, -0.1) is 0 Å². The Hall–Kier alpha value is -1.36. The molecule has 0 aliphatic carbocycles. The largest absolute Gasteiger partial charge is 0.462 e. The first kappa shape index (κ1) is 16.7. The molecule has 114 valence electrons. The zero-order valence-corrected chi connectivity index (χ0v) is 12.9. The third-order valence-corrected chi connectivity index (χ3v) is 3.19. The summed E-state index contributed by atoms with van der Waals surface area (Å²) < 4.78 is 12.3. The summed E-state index contributed by atoms with van der Waals surface area (Å²) in [4.78, 5) is 11.8. The molecule has 0 fully saturated rings. The van der Waals surface area contributed by atoms with Gasteiger partial charge in [0.05, 0.1) is 25.1 Å². The molecule has 0 atom stereocenters. The lowest BCUT2D eigenvalue weighted by Gasteiger charge is -2.07. The van der Waals surface area contributed by atoms with Crippen molar-refractivity contribution in [3.05, 3.63) is 17.5 Å². The molecule has 0 radical (unpaired) electrons. The molecule has 0 amide bonds. The van der Waals surface area contributed by atoms with E-state index in [1.165, 1.54) is 31.9 Å². The predicted octanol–water partition coefficient (Wildman–Crippen LogP) is 3.08. The fraction of sp³-hybridized carbons (Fsp3) is 0.733. The lowest BCUT2D eigenvalue weighted by molar-refractivity contribution is 0.0517. The first-order valence-corrected chi connectivity index (χ1v) is 7.46. The standard InChI is InChI=1S/C15H26N2O3/c1-4-6-7-8-9-10-19-12-14-13(11-16-17(14)3)15(18)20-5-2/h11H,4-10,12H2,1-3H3. The summed E-state index contributed by atoms with van der Waals surface area (Å²) in [5.41, 5.74) is 1.28. The van der Waals surface area contributed by atoms with E-state index in [1.54, 1.807) is 11.6 Å². The van der Waals surface area contributed by atoms with Gasteiger partial charge in [0.1, 0.15) is 5.56 Å². The average Bonchev–Trinajstić information content (AvgIpc) is 2.79. The SMILES string of the molecule is CCCCCCCOCc1c(C(=O)OCC)cnn1C. The molecule has 0 aliphatic rings. The second-order valence-corrected chi connectivity index (χ2v) is 4.82.